The van der Waals surface area contributed by atoms with Crippen molar-refractivity contribution in [2.45, 2.75) is 48.4 Å². The van der Waals surface area contributed by atoms with Gasteiger partial charge in [0.15, 0.2) is 57.8 Å². The first-order valence-electron chi connectivity index (χ1n) is 18.1. The summed E-state index contributed by atoms with van der Waals surface area (Å²) in [5, 5.41) is 150. The van der Waals surface area contributed by atoms with E-state index in [1.54, 1.807) is 0 Å². The molecule has 6 bridgehead atoms. The molecule has 9 rings (SSSR count). The van der Waals surface area contributed by atoms with Gasteiger partial charge in [-0.15, -0.1) is 0 Å². The number of carbonyl (C=O) groups is 5. The van der Waals surface area contributed by atoms with Crippen molar-refractivity contribution in [3.8, 4) is 85.9 Å². The van der Waals surface area contributed by atoms with Gasteiger partial charge in [-0.05, 0) is 30.3 Å². The predicted octanol–water partition coefficient (Wildman–Crippen LogP) is -0.922. The first-order chi connectivity index (χ1) is 30.5. The van der Waals surface area contributed by atoms with Crippen molar-refractivity contribution in [2.75, 3.05) is 0 Å². The number of esters is 4. The molecule has 0 amide bonds. The number of hydrogen-bond acceptors (Lipinski definition) is 26. The van der Waals surface area contributed by atoms with Gasteiger partial charge in [-0.2, -0.15) is 0 Å². The summed E-state index contributed by atoms with van der Waals surface area (Å²) >= 11 is 0. The number of ketones is 1. The van der Waals surface area contributed by atoms with Crippen molar-refractivity contribution < 1.29 is 129 Å². The largest absolute Gasteiger partial charge is 0.504 e. The molecule has 5 aliphatic rings. The lowest BCUT2D eigenvalue weighted by atomic mass is 9.70. The van der Waals surface area contributed by atoms with E-state index in [2.05, 4.69) is 0 Å². The van der Waals surface area contributed by atoms with Gasteiger partial charge in [-0.25, -0.2) is 19.2 Å². The number of phenolic OH excluding ortho intramolecular Hbond substituents is 11. The van der Waals surface area contributed by atoms with Gasteiger partial charge in [0.1, 0.15) is 5.75 Å². The molecule has 1 fully saturated rings. The van der Waals surface area contributed by atoms with E-state index in [1.807, 2.05) is 0 Å². The number of carbonyl (C=O) groups excluding carboxylic acids is 5. The highest BCUT2D eigenvalue weighted by Gasteiger charge is 2.70. The average molecular weight is 911 g/mol. The molecule has 338 valence electrons. The van der Waals surface area contributed by atoms with E-state index in [0.717, 1.165) is 0 Å². The Hall–Kier alpha value is -8.59. The summed E-state index contributed by atoms with van der Waals surface area (Å²) in [7, 11) is 0. The van der Waals surface area contributed by atoms with E-state index in [0.29, 0.717) is 30.3 Å². The van der Waals surface area contributed by atoms with Crippen LogP contribution in [0.1, 0.15) is 42.6 Å². The Morgan fingerprint density at radius 1 is 0.569 bits per heavy atom. The third kappa shape index (κ3) is 5.78. The lowest BCUT2D eigenvalue weighted by Gasteiger charge is -2.49. The zero-order valence-electron chi connectivity index (χ0n) is 31.6. The quantitative estimate of drug-likeness (QED) is 0.0500. The van der Waals surface area contributed by atoms with Gasteiger partial charge in [0, 0.05) is 17.2 Å². The van der Waals surface area contributed by atoms with E-state index in [-0.39, 0.29) is 6.08 Å². The van der Waals surface area contributed by atoms with E-state index in [4.69, 9.17) is 33.2 Å². The van der Waals surface area contributed by atoms with Gasteiger partial charge in [0.05, 0.1) is 33.7 Å². The van der Waals surface area contributed by atoms with E-state index < -0.39 is 192 Å². The normalized spacial score (nSPS) is 25.9. The van der Waals surface area contributed by atoms with Gasteiger partial charge < -0.3 is 99.9 Å². The fourth-order valence-corrected chi connectivity index (χ4v) is 7.88. The highest BCUT2D eigenvalue weighted by atomic mass is 16.8. The SMILES string of the molecule is O=C1O[C@@H]2[C@@H]3Oc4cc(O)c(O)c(O)c4-c4c(cc(O)c(O)c4O)C(=O)O[C@@H]2[C@@H](OC(=O)c2cc(O)c(O)c4c2[C@@H]2C1=CC(=O)[C@](O)(O4)C2(O)O)[C@H](OC(=O)c1cc(O)c(O)c(O)c1)O3. The molecule has 0 spiro atoms. The van der Waals surface area contributed by atoms with Crippen LogP contribution < -0.4 is 9.47 Å². The summed E-state index contributed by atoms with van der Waals surface area (Å²) in [6.45, 7) is 0. The van der Waals surface area contributed by atoms with Crippen LogP contribution in [-0.4, -0.2) is 144 Å². The van der Waals surface area contributed by atoms with E-state index in [1.165, 1.54) is 0 Å². The molecule has 4 heterocycles. The molecule has 7 atom stereocenters. The number of benzene rings is 4. The standard InChI is InChI=1S/C39H26O26/c40-11-1-7(2-12(41)22(11)46)32(52)63-37-31-29-30(36(64-37)59-16-6-15(44)24(48)27(51)20(16)18-8(33(53)60-29)3-13(42)23(47)26(18)50)62-35(55)10-5-17(45)39(58)38(56,57)21(10)19-9(34(54)61-31)4-14(43)25(49)28(19)65-39/h1-6,21,29-31,36-37,40-44,46-51,56-58H/t21-,29-,30-,31+,36+,37+,39-/m0/s1. The van der Waals surface area contributed by atoms with E-state index in [9.17, 15) is 95.5 Å². The summed E-state index contributed by atoms with van der Waals surface area (Å²) < 4.78 is 39.3. The summed E-state index contributed by atoms with van der Waals surface area (Å²) in [5.74, 6) is -35.2. The summed E-state index contributed by atoms with van der Waals surface area (Å²) in [4.78, 5) is 70.5. The molecule has 65 heavy (non-hydrogen) atoms. The van der Waals surface area contributed by atoms with Gasteiger partial charge >= 0.3 is 29.7 Å². The number of aliphatic hydroxyl groups is 3. The minimum Gasteiger partial charge on any atom is -0.504 e. The number of rotatable bonds is 2. The minimum absolute atomic E-state index is 0.272. The van der Waals surface area contributed by atoms with Gasteiger partial charge in [0.25, 0.3) is 5.79 Å². The smallest absolute Gasteiger partial charge is 0.340 e. The number of aromatic hydroxyl groups is 11. The van der Waals surface area contributed by atoms with Crippen LogP contribution in [0.3, 0.4) is 0 Å². The molecule has 1 aliphatic carbocycles. The number of fused-ring (bicyclic) bond motifs is 4. The molecule has 4 aromatic rings. The number of phenols is 11. The van der Waals surface area contributed by atoms with Gasteiger partial charge in [-0.1, -0.05) is 0 Å². The van der Waals surface area contributed by atoms with Crippen molar-refractivity contribution in [1.29, 1.82) is 0 Å². The summed E-state index contributed by atoms with van der Waals surface area (Å²) in [6.07, 6.45) is -12.4. The van der Waals surface area contributed by atoms with Crippen molar-refractivity contribution in [3.63, 3.8) is 0 Å². The highest BCUT2D eigenvalue weighted by molar-refractivity contribution is 6.09. The Morgan fingerprint density at radius 2 is 1.11 bits per heavy atom. The van der Waals surface area contributed by atoms with Crippen LogP contribution in [0, 0.1) is 0 Å². The van der Waals surface area contributed by atoms with Crippen molar-refractivity contribution in [3.05, 3.63) is 64.2 Å². The first kappa shape index (κ1) is 41.7. The molecule has 4 aromatic carbocycles. The fraction of sp³-hybridized carbons (Fsp3) is 0.205. The van der Waals surface area contributed by atoms with Crippen molar-refractivity contribution in [2.24, 2.45) is 0 Å². The molecule has 4 aliphatic heterocycles. The number of ether oxygens (including phenoxy) is 7. The molecule has 1 saturated heterocycles. The van der Waals surface area contributed by atoms with Crippen molar-refractivity contribution in [1.82, 2.24) is 0 Å². The van der Waals surface area contributed by atoms with Crippen LogP contribution in [-0.2, 0) is 33.3 Å². The average Bonchev–Trinajstić information content (AvgIpc) is 3.24. The Balaban J connectivity index is 1.31. The third-order valence-corrected chi connectivity index (χ3v) is 11.0. The van der Waals surface area contributed by atoms with Crippen molar-refractivity contribution >= 4 is 29.7 Å². The number of hydrogen-bond donors (Lipinski definition) is 14. The topological polar surface area (TPSA) is 433 Å². The van der Waals surface area contributed by atoms with Crippen LogP contribution in [0.25, 0.3) is 11.1 Å². The second kappa shape index (κ2) is 13.7. The Bertz CT molecular complexity index is 2890. The monoisotopic (exact) mass is 910 g/mol. The maximum atomic E-state index is 14.5. The molecular formula is C39H26O26. The third-order valence-electron chi connectivity index (χ3n) is 11.0. The molecular weight excluding hydrogens is 884 g/mol. The van der Waals surface area contributed by atoms with Crippen LogP contribution in [0.15, 0.2) is 42.0 Å². The molecule has 14 N–H and O–H groups in total. The zero-order valence-corrected chi connectivity index (χ0v) is 31.6. The van der Waals surface area contributed by atoms with Crippen LogP contribution in [0.5, 0.6) is 74.7 Å². The lowest BCUT2D eigenvalue weighted by Crippen LogP contribution is -2.70. The molecule has 26 nitrogen and oxygen atoms in total. The molecule has 0 radical (unpaired) electrons. The minimum atomic E-state index is -3.96. The van der Waals surface area contributed by atoms with Crippen LogP contribution in [0.4, 0.5) is 0 Å². The second-order valence-electron chi connectivity index (χ2n) is 14.8. The highest BCUT2D eigenvalue weighted by Crippen LogP contribution is 2.59. The first-order valence-corrected chi connectivity index (χ1v) is 18.1. The molecule has 0 unspecified atom stereocenters. The van der Waals surface area contributed by atoms with E-state index >= 15 is 0 Å². The lowest BCUT2D eigenvalue weighted by molar-refractivity contribution is -0.339. The maximum absolute atomic E-state index is 14.5. The molecule has 0 aromatic heterocycles. The molecule has 0 saturated carbocycles. The maximum Gasteiger partial charge on any atom is 0.340 e. The fourth-order valence-electron chi connectivity index (χ4n) is 7.88. The van der Waals surface area contributed by atoms with Gasteiger partial charge in [-0.3, -0.25) is 9.53 Å². The Kier molecular flexibility index (Phi) is 8.80. The Morgan fingerprint density at radius 3 is 1.77 bits per heavy atom. The van der Waals surface area contributed by atoms with Crippen LogP contribution >= 0.6 is 0 Å². The van der Waals surface area contributed by atoms with Gasteiger partial charge in [0.2, 0.25) is 47.8 Å². The van der Waals surface area contributed by atoms with Crippen LogP contribution in [0.2, 0.25) is 0 Å². The zero-order chi connectivity index (χ0) is 47.1. The molecule has 26 heteroatoms. The summed E-state index contributed by atoms with van der Waals surface area (Å²) in [6, 6.07) is 2.49. The Labute approximate surface area is 356 Å². The second-order valence-corrected chi connectivity index (χ2v) is 14.8. The predicted molar refractivity (Wildman–Crippen MR) is 195 cm³/mol. The summed E-state index contributed by atoms with van der Waals surface area (Å²) in [5.41, 5.74) is -7.04.